The molecule has 0 fully saturated rings. The molecule has 20 heavy (non-hydrogen) atoms. The quantitative estimate of drug-likeness (QED) is 0.714. The molecule has 0 heterocycles. The number of aliphatic carboxylic acids is 1. The monoisotopic (exact) mass is 346 g/mol. The smallest absolute Gasteiger partial charge is 0.326 e. The minimum Gasteiger partial charge on any atom is -0.480 e. The second-order valence-corrected chi connectivity index (χ2v) is 4.82. The van der Waals surface area contributed by atoms with E-state index in [0.717, 1.165) is 0 Å². The minimum absolute atomic E-state index is 0.0918. The molecule has 0 aromatic heterocycles. The van der Waals surface area contributed by atoms with Gasteiger partial charge in [-0.25, -0.2) is 9.18 Å². The van der Waals surface area contributed by atoms with Gasteiger partial charge in [0, 0.05) is 6.42 Å². The van der Waals surface area contributed by atoms with Gasteiger partial charge < -0.3 is 16.2 Å². The lowest BCUT2D eigenvalue weighted by molar-refractivity contribution is -0.139. The number of primary amides is 1. The lowest BCUT2D eigenvalue weighted by Crippen LogP contribution is -2.41. The van der Waals surface area contributed by atoms with Gasteiger partial charge in [-0.2, -0.15) is 0 Å². The molecule has 1 aromatic rings. The number of benzene rings is 1. The van der Waals surface area contributed by atoms with Crippen molar-refractivity contribution in [3.63, 3.8) is 0 Å². The number of carbonyl (C=O) groups excluding carboxylic acids is 2. The van der Waals surface area contributed by atoms with Crippen LogP contribution in [-0.4, -0.2) is 28.9 Å². The molecule has 0 aliphatic heterocycles. The Hall–Kier alpha value is -1.96. The molecular formula is C12H12BrFN2O4. The first-order valence-corrected chi connectivity index (χ1v) is 6.38. The van der Waals surface area contributed by atoms with Crippen LogP contribution >= 0.6 is 15.9 Å². The number of rotatable bonds is 6. The van der Waals surface area contributed by atoms with E-state index < -0.39 is 29.6 Å². The van der Waals surface area contributed by atoms with Crippen LogP contribution in [-0.2, 0) is 9.59 Å². The molecule has 6 nitrogen and oxygen atoms in total. The topological polar surface area (TPSA) is 109 Å². The van der Waals surface area contributed by atoms with Gasteiger partial charge in [0.25, 0.3) is 5.91 Å². The van der Waals surface area contributed by atoms with Crippen molar-refractivity contribution < 1.29 is 23.9 Å². The predicted molar refractivity (Wildman–Crippen MR) is 71.4 cm³/mol. The number of carbonyl (C=O) groups is 3. The van der Waals surface area contributed by atoms with Crippen molar-refractivity contribution in [1.29, 1.82) is 0 Å². The molecule has 4 N–H and O–H groups in total. The number of halogens is 2. The first-order valence-electron chi connectivity index (χ1n) is 5.59. The summed E-state index contributed by atoms with van der Waals surface area (Å²) in [6.45, 7) is 0. The van der Waals surface area contributed by atoms with Crippen molar-refractivity contribution >= 4 is 33.7 Å². The Morgan fingerprint density at radius 3 is 2.60 bits per heavy atom. The van der Waals surface area contributed by atoms with Crippen LogP contribution in [0.15, 0.2) is 22.7 Å². The minimum atomic E-state index is -1.32. The van der Waals surface area contributed by atoms with Crippen molar-refractivity contribution in [2.24, 2.45) is 5.73 Å². The number of hydrogen-bond acceptors (Lipinski definition) is 3. The molecule has 0 bridgehead atoms. The summed E-state index contributed by atoms with van der Waals surface area (Å²) in [6.07, 6.45) is -0.357. The molecule has 1 rings (SSSR count). The maximum absolute atomic E-state index is 13.7. The van der Waals surface area contributed by atoms with Gasteiger partial charge in [0.05, 0.1) is 10.0 Å². The van der Waals surface area contributed by atoms with Gasteiger partial charge in [0.2, 0.25) is 5.91 Å². The molecule has 0 aliphatic rings. The number of amides is 2. The summed E-state index contributed by atoms with van der Waals surface area (Å²) in [4.78, 5) is 33.4. The molecule has 0 unspecified atom stereocenters. The fraction of sp³-hybridized carbons (Fsp3) is 0.250. The van der Waals surface area contributed by atoms with E-state index in [1.54, 1.807) is 0 Å². The van der Waals surface area contributed by atoms with E-state index in [1.807, 2.05) is 0 Å². The summed E-state index contributed by atoms with van der Waals surface area (Å²) in [6, 6.07) is 2.77. The zero-order valence-corrected chi connectivity index (χ0v) is 11.8. The predicted octanol–water partition coefficient (Wildman–Crippen LogP) is 1.04. The highest BCUT2D eigenvalue weighted by molar-refractivity contribution is 9.10. The largest absolute Gasteiger partial charge is 0.480 e. The fourth-order valence-corrected chi connectivity index (χ4v) is 1.83. The van der Waals surface area contributed by atoms with Crippen LogP contribution in [0.4, 0.5) is 4.39 Å². The van der Waals surface area contributed by atoms with Gasteiger partial charge in [0.15, 0.2) is 0 Å². The number of hydrogen-bond donors (Lipinski definition) is 3. The molecule has 1 atom stereocenters. The number of nitrogens with one attached hydrogen (secondary N) is 1. The third kappa shape index (κ3) is 4.30. The summed E-state index contributed by atoms with van der Waals surface area (Å²) in [5, 5.41) is 11.1. The van der Waals surface area contributed by atoms with Gasteiger partial charge in [0.1, 0.15) is 11.9 Å². The molecular weight excluding hydrogens is 335 g/mol. The number of carboxylic acid groups (broad SMARTS) is 1. The van der Waals surface area contributed by atoms with Crippen molar-refractivity contribution in [1.82, 2.24) is 5.32 Å². The normalized spacial score (nSPS) is 11.7. The third-order valence-corrected chi connectivity index (χ3v) is 3.09. The molecule has 108 valence electrons. The molecule has 0 aliphatic carbocycles. The molecule has 2 amide bonds. The lowest BCUT2D eigenvalue weighted by Gasteiger charge is -2.14. The maximum Gasteiger partial charge on any atom is 0.326 e. The van der Waals surface area contributed by atoms with Gasteiger partial charge in [-0.15, -0.1) is 0 Å². The summed E-state index contributed by atoms with van der Waals surface area (Å²) in [7, 11) is 0. The average molecular weight is 347 g/mol. The highest BCUT2D eigenvalue weighted by Crippen LogP contribution is 2.18. The van der Waals surface area contributed by atoms with E-state index in [-0.39, 0.29) is 22.9 Å². The lowest BCUT2D eigenvalue weighted by atomic mass is 10.1. The van der Waals surface area contributed by atoms with Crippen LogP contribution in [0.3, 0.4) is 0 Å². The van der Waals surface area contributed by atoms with Crippen LogP contribution in [0.2, 0.25) is 0 Å². The Morgan fingerprint density at radius 1 is 1.40 bits per heavy atom. The standard InChI is InChI=1S/C12H12BrFN2O4/c13-7-3-1-2-6(10(7)14)11(18)16-8(12(19)20)4-5-9(15)17/h1-3,8H,4-5H2,(H2,15,17)(H,16,18)(H,19,20)/t8-/m0/s1. The van der Waals surface area contributed by atoms with Gasteiger partial charge in [-0.1, -0.05) is 6.07 Å². The Bertz CT molecular complexity index is 550. The van der Waals surface area contributed by atoms with Crippen LogP contribution in [0.25, 0.3) is 0 Å². The summed E-state index contributed by atoms with van der Waals surface area (Å²) < 4.78 is 13.8. The van der Waals surface area contributed by atoms with Crippen LogP contribution in [0, 0.1) is 5.82 Å². The van der Waals surface area contributed by atoms with E-state index in [9.17, 15) is 18.8 Å². The third-order valence-electron chi connectivity index (χ3n) is 2.48. The van der Waals surface area contributed by atoms with E-state index in [2.05, 4.69) is 21.2 Å². The highest BCUT2D eigenvalue weighted by atomic mass is 79.9. The zero-order valence-electron chi connectivity index (χ0n) is 10.2. The van der Waals surface area contributed by atoms with Crippen LogP contribution < -0.4 is 11.1 Å². The molecule has 1 aromatic carbocycles. The van der Waals surface area contributed by atoms with Crippen molar-refractivity contribution in [2.45, 2.75) is 18.9 Å². The van der Waals surface area contributed by atoms with Gasteiger partial charge >= 0.3 is 5.97 Å². The Labute approximate surface area is 122 Å². The molecule has 0 radical (unpaired) electrons. The van der Waals surface area contributed by atoms with Crippen LogP contribution in [0.5, 0.6) is 0 Å². The van der Waals surface area contributed by atoms with Gasteiger partial charge in [-0.05, 0) is 34.5 Å². The average Bonchev–Trinajstić information content (AvgIpc) is 2.36. The van der Waals surface area contributed by atoms with E-state index in [1.165, 1.54) is 18.2 Å². The van der Waals surface area contributed by atoms with Crippen molar-refractivity contribution in [2.75, 3.05) is 0 Å². The summed E-state index contributed by atoms with van der Waals surface area (Å²) in [5.41, 5.74) is 4.63. The van der Waals surface area contributed by atoms with E-state index in [4.69, 9.17) is 10.8 Å². The Balaban J connectivity index is 2.83. The van der Waals surface area contributed by atoms with Crippen molar-refractivity contribution in [3.8, 4) is 0 Å². The van der Waals surface area contributed by atoms with Gasteiger partial charge in [-0.3, -0.25) is 9.59 Å². The zero-order chi connectivity index (χ0) is 15.3. The first-order chi connectivity index (χ1) is 9.32. The SMILES string of the molecule is NC(=O)CC[C@H](NC(=O)c1cccc(Br)c1F)C(=O)O. The molecule has 8 heteroatoms. The second-order valence-electron chi connectivity index (χ2n) is 3.97. The molecule has 0 saturated heterocycles. The van der Waals surface area contributed by atoms with E-state index in [0.29, 0.717) is 0 Å². The van der Waals surface area contributed by atoms with Crippen LogP contribution in [0.1, 0.15) is 23.2 Å². The fourth-order valence-electron chi connectivity index (χ4n) is 1.46. The summed E-state index contributed by atoms with van der Waals surface area (Å²) in [5.74, 6) is -3.67. The maximum atomic E-state index is 13.7. The molecule has 0 saturated carbocycles. The number of nitrogens with two attached hydrogens (primary N) is 1. The molecule has 0 spiro atoms. The second kappa shape index (κ2) is 6.99. The summed E-state index contributed by atoms with van der Waals surface area (Å²) >= 11 is 2.93. The number of carboxylic acids is 1. The van der Waals surface area contributed by atoms with E-state index >= 15 is 0 Å². The Kier molecular flexibility index (Phi) is 5.63. The highest BCUT2D eigenvalue weighted by Gasteiger charge is 2.23. The Morgan fingerprint density at radius 2 is 2.05 bits per heavy atom. The van der Waals surface area contributed by atoms with Crippen molar-refractivity contribution in [3.05, 3.63) is 34.1 Å². The first kappa shape index (κ1) is 16.1.